The van der Waals surface area contributed by atoms with E-state index in [1.165, 1.54) is 6.21 Å². The Kier molecular flexibility index (Phi) is 6.31. The first-order valence-corrected chi connectivity index (χ1v) is 9.17. The Morgan fingerprint density at radius 3 is 2.93 bits per heavy atom. The number of nitrogens with one attached hydrogen (secondary N) is 1. The van der Waals surface area contributed by atoms with Crippen LogP contribution in [0.1, 0.15) is 25.0 Å². The second-order valence-corrected chi connectivity index (χ2v) is 7.36. The summed E-state index contributed by atoms with van der Waals surface area (Å²) in [6, 6.07) is 2.87. The Hall–Kier alpha value is -1.74. The topological polar surface area (TPSA) is 94.9 Å². The molecule has 1 aromatic rings. The number of hydrogen-bond acceptors (Lipinski definition) is 6. The molecule has 2 fully saturated rings. The first-order chi connectivity index (χ1) is 12.9. The van der Waals surface area contributed by atoms with Crippen molar-refractivity contribution >= 4 is 11.9 Å². The van der Waals surface area contributed by atoms with Gasteiger partial charge in [-0.15, -0.1) is 0 Å². The van der Waals surface area contributed by atoms with E-state index in [-0.39, 0.29) is 17.5 Å². The quantitative estimate of drug-likeness (QED) is 0.675. The molecule has 0 saturated carbocycles. The van der Waals surface area contributed by atoms with Gasteiger partial charge in [-0.25, -0.2) is 8.78 Å². The fourth-order valence-electron chi connectivity index (χ4n) is 3.74. The first kappa shape index (κ1) is 20.0. The van der Waals surface area contributed by atoms with Crippen LogP contribution in [0.5, 0.6) is 0 Å². The summed E-state index contributed by atoms with van der Waals surface area (Å²) in [6.07, 6.45) is 0.748. The van der Waals surface area contributed by atoms with E-state index in [4.69, 9.17) is 15.9 Å². The summed E-state index contributed by atoms with van der Waals surface area (Å²) in [6.45, 7) is 3.57. The summed E-state index contributed by atoms with van der Waals surface area (Å²) in [5.41, 5.74) is 7.26. The van der Waals surface area contributed by atoms with Crippen molar-refractivity contribution in [2.24, 2.45) is 16.6 Å². The third kappa shape index (κ3) is 4.57. The number of nitrogens with two attached hydrogens (primary N) is 1. The van der Waals surface area contributed by atoms with Gasteiger partial charge in [0.05, 0.1) is 19.3 Å². The lowest BCUT2D eigenvalue weighted by atomic mass is 9.93. The lowest BCUT2D eigenvalue weighted by molar-refractivity contribution is -0.0465. The molecule has 6 nitrogen and oxygen atoms in total. The Labute approximate surface area is 157 Å². The predicted molar refractivity (Wildman–Crippen MR) is 99.3 cm³/mol. The number of aliphatic imine (C=N–C) groups is 1. The third-order valence-electron chi connectivity index (χ3n) is 5.17. The van der Waals surface area contributed by atoms with Crippen LogP contribution in [0.3, 0.4) is 0 Å². The van der Waals surface area contributed by atoms with E-state index in [1.807, 2.05) is 0 Å². The molecule has 2 aliphatic heterocycles. The standard InChI is InChI=1S/C19H26F2N4O2/c1-11(26)7-24-18-9-25(8-12(18)6-22)14-5-17(23)19(27-10-14)15-4-13(20)2-3-16(15)21/h2-4,6,11-12,14,17,19,22,26H,5,7-10,23H2,1H3. The fraction of sp³-hybridized carbons (Fsp3) is 0.579. The minimum Gasteiger partial charge on any atom is -0.391 e. The molecule has 5 atom stereocenters. The summed E-state index contributed by atoms with van der Waals surface area (Å²) in [5.74, 6) is -1.12. The third-order valence-corrected chi connectivity index (χ3v) is 5.17. The van der Waals surface area contributed by atoms with E-state index in [1.54, 1.807) is 6.92 Å². The van der Waals surface area contributed by atoms with Crippen molar-refractivity contribution in [3.05, 3.63) is 35.4 Å². The first-order valence-electron chi connectivity index (χ1n) is 9.17. The lowest BCUT2D eigenvalue weighted by Gasteiger charge is -2.38. The van der Waals surface area contributed by atoms with Crippen molar-refractivity contribution in [3.63, 3.8) is 0 Å². The van der Waals surface area contributed by atoms with Crippen molar-refractivity contribution in [1.82, 2.24) is 4.90 Å². The van der Waals surface area contributed by atoms with Crippen LogP contribution in [0.25, 0.3) is 0 Å². The zero-order valence-electron chi connectivity index (χ0n) is 15.3. The molecule has 2 heterocycles. The van der Waals surface area contributed by atoms with Crippen molar-refractivity contribution in [2.75, 3.05) is 26.2 Å². The highest BCUT2D eigenvalue weighted by molar-refractivity contribution is 6.01. The highest BCUT2D eigenvalue weighted by Gasteiger charge is 2.38. The molecular weight excluding hydrogens is 354 g/mol. The van der Waals surface area contributed by atoms with Gasteiger partial charge < -0.3 is 21.0 Å². The van der Waals surface area contributed by atoms with Crippen LogP contribution in [-0.4, -0.2) is 66.4 Å². The van der Waals surface area contributed by atoms with E-state index in [0.717, 1.165) is 23.9 Å². The van der Waals surface area contributed by atoms with Crippen LogP contribution >= 0.6 is 0 Å². The van der Waals surface area contributed by atoms with Crippen molar-refractivity contribution < 1.29 is 18.6 Å². The summed E-state index contributed by atoms with van der Waals surface area (Å²) in [7, 11) is 0. The molecule has 0 amide bonds. The fourth-order valence-corrected chi connectivity index (χ4v) is 3.74. The number of nitrogens with zero attached hydrogens (tertiary/aromatic N) is 2. The van der Waals surface area contributed by atoms with Gasteiger partial charge in [0.15, 0.2) is 0 Å². The summed E-state index contributed by atoms with van der Waals surface area (Å²) in [5, 5.41) is 17.0. The number of aliphatic hydroxyl groups is 1. The molecule has 4 N–H and O–H groups in total. The molecule has 148 valence electrons. The normalized spacial score (nSPS) is 32.0. The molecule has 2 saturated heterocycles. The molecule has 2 aliphatic rings. The maximum atomic E-state index is 14.1. The minimum absolute atomic E-state index is 0.0228. The van der Waals surface area contributed by atoms with Gasteiger partial charge in [0.2, 0.25) is 0 Å². The lowest BCUT2D eigenvalue weighted by Crippen LogP contribution is -2.48. The van der Waals surface area contributed by atoms with Gasteiger partial charge in [0, 0.05) is 48.6 Å². The van der Waals surface area contributed by atoms with E-state index in [2.05, 4.69) is 9.89 Å². The van der Waals surface area contributed by atoms with Gasteiger partial charge in [-0.2, -0.15) is 0 Å². The Balaban J connectivity index is 1.67. The molecule has 1 aromatic carbocycles. The average molecular weight is 380 g/mol. The van der Waals surface area contributed by atoms with Crippen LogP contribution in [0.4, 0.5) is 8.78 Å². The molecule has 0 spiro atoms. The van der Waals surface area contributed by atoms with E-state index in [0.29, 0.717) is 32.7 Å². The maximum Gasteiger partial charge on any atom is 0.129 e. The van der Waals surface area contributed by atoms with Crippen molar-refractivity contribution in [3.8, 4) is 0 Å². The number of likely N-dealkylation sites (tertiary alicyclic amines) is 1. The van der Waals surface area contributed by atoms with Crippen molar-refractivity contribution in [1.29, 1.82) is 5.41 Å². The minimum atomic E-state index is -0.679. The Morgan fingerprint density at radius 2 is 2.26 bits per heavy atom. The SMILES string of the molecule is CC(O)CN=C1CN(C2COC(c3cc(F)ccc3F)C(N)C2)CC1C=N. The van der Waals surface area contributed by atoms with E-state index in [9.17, 15) is 13.9 Å². The molecule has 8 heteroatoms. The van der Waals surface area contributed by atoms with Crippen LogP contribution in [0, 0.1) is 23.0 Å². The molecule has 3 rings (SSSR count). The molecule has 27 heavy (non-hydrogen) atoms. The molecule has 0 bridgehead atoms. The maximum absolute atomic E-state index is 14.1. The van der Waals surface area contributed by atoms with Gasteiger partial charge in [0.25, 0.3) is 0 Å². The highest BCUT2D eigenvalue weighted by Crippen LogP contribution is 2.32. The zero-order chi connectivity index (χ0) is 19.6. The largest absolute Gasteiger partial charge is 0.391 e. The number of halogens is 2. The average Bonchev–Trinajstić information content (AvgIpc) is 3.05. The second kappa shape index (κ2) is 8.52. The van der Waals surface area contributed by atoms with E-state index >= 15 is 0 Å². The Bertz CT molecular complexity index is 713. The Morgan fingerprint density at radius 1 is 1.48 bits per heavy atom. The highest BCUT2D eigenvalue weighted by atomic mass is 19.1. The molecular formula is C19H26F2N4O2. The monoisotopic (exact) mass is 380 g/mol. The van der Waals surface area contributed by atoms with Gasteiger partial charge in [-0.3, -0.25) is 9.89 Å². The zero-order valence-corrected chi connectivity index (χ0v) is 15.3. The molecule has 0 aliphatic carbocycles. The number of hydrogen-bond donors (Lipinski definition) is 3. The number of rotatable bonds is 5. The van der Waals surface area contributed by atoms with Crippen LogP contribution in [0.15, 0.2) is 23.2 Å². The van der Waals surface area contributed by atoms with E-state index < -0.39 is 29.9 Å². The van der Waals surface area contributed by atoms with Gasteiger partial charge in [0.1, 0.15) is 17.7 Å². The summed E-state index contributed by atoms with van der Waals surface area (Å²) >= 11 is 0. The number of benzene rings is 1. The van der Waals surface area contributed by atoms with Crippen LogP contribution < -0.4 is 5.73 Å². The predicted octanol–water partition coefficient (Wildman–Crippen LogP) is 1.53. The van der Waals surface area contributed by atoms with Gasteiger partial charge in [-0.05, 0) is 31.5 Å². The van der Waals surface area contributed by atoms with Crippen LogP contribution in [-0.2, 0) is 4.74 Å². The number of aliphatic hydroxyl groups excluding tert-OH is 1. The smallest absolute Gasteiger partial charge is 0.129 e. The van der Waals surface area contributed by atoms with Crippen molar-refractivity contribution in [2.45, 2.75) is 37.6 Å². The summed E-state index contributed by atoms with van der Waals surface area (Å²) < 4.78 is 33.4. The molecule has 0 aromatic heterocycles. The van der Waals surface area contributed by atoms with Gasteiger partial charge in [-0.1, -0.05) is 0 Å². The second-order valence-electron chi connectivity index (χ2n) is 7.36. The molecule has 0 radical (unpaired) electrons. The number of ether oxygens (including phenoxy) is 1. The van der Waals surface area contributed by atoms with Crippen LogP contribution in [0.2, 0.25) is 0 Å². The summed E-state index contributed by atoms with van der Waals surface area (Å²) in [4.78, 5) is 6.59. The molecule has 5 unspecified atom stereocenters. The van der Waals surface area contributed by atoms with Gasteiger partial charge >= 0.3 is 0 Å².